The summed E-state index contributed by atoms with van der Waals surface area (Å²) in [7, 11) is 4.21. The molecule has 2 aromatic rings. The molecule has 0 radical (unpaired) electrons. The van der Waals surface area contributed by atoms with Crippen molar-refractivity contribution in [2.45, 2.75) is 74.9 Å². The summed E-state index contributed by atoms with van der Waals surface area (Å²) in [5, 5.41) is 35.2. The number of benzene rings is 2. The Labute approximate surface area is 270 Å². The van der Waals surface area contributed by atoms with Gasteiger partial charge in [-0.25, -0.2) is 0 Å². The topological polar surface area (TPSA) is 180 Å². The van der Waals surface area contributed by atoms with Crippen LogP contribution in [0.3, 0.4) is 0 Å². The Morgan fingerprint density at radius 3 is 2.55 bits per heavy atom. The van der Waals surface area contributed by atoms with Gasteiger partial charge in [-0.15, -0.1) is 0 Å². The van der Waals surface area contributed by atoms with Crippen molar-refractivity contribution in [1.29, 1.82) is 0 Å². The van der Waals surface area contributed by atoms with Crippen LogP contribution >= 0.6 is 0 Å². The minimum atomic E-state index is -2.10. The number of Topliss-reactive ketones (excluding diaryl/α,β-unsaturated/α-hetero) is 1. The number of ketones is 3. The SMILES string of the molecule is COCC(=O)[C@]1(O)Cc2c(O)c3c(c(O)c2[C@@H](OC2C[C@H]4[C@H](O[C@@H]5[C@@H](OC)OCCN54)[C@H](C)O2)C1)C(=O)c1c(OC)cccc1C3=O. The molecule has 3 aliphatic heterocycles. The van der Waals surface area contributed by atoms with E-state index in [4.69, 9.17) is 33.2 Å². The lowest BCUT2D eigenvalue weighted by molar-refractivity contribution is -0.256. The van der Waals surface area contributed by atoms with E-state index in [2.05, 4.69) is 4.90 Å². The van der Waals surface area contributed by atoms with Crippen molar-refractivity contribution in [3.8, 4) is 17.2 Å². The lowest BCUT2D eigenvalue weighted by atomic mass is 9.72. The molecule has 3 heterocycles. The van der Waals surface area contributed by atoms with Gasteiger partial charge in [-0.05, 0) is 13.0 Å². The number of rotatable bonds is 7. The van der Waals surface area contributed by atoms with Crippen LogP contribution in [0, 0.1) is 0 Å². The average molecular weight is 656 g/mol. The molecule has 3 saturated heterocycles. The number of aliphatic hydroxyl groups is 1. The number of carbonyl (C=O) groups excluding carboxylic acids is 3. The van der Waals surface area contributed by atoms with Crippen molar-refractivity contribution in [2.75, 3.05) is 41.1 Å². The van der Waals surface area contributed by atoms with Crippen molar-refractivity contribution in [3.63, 3.8) is 0 Å². The zero-order chi connectivity index (χ0) is 33.4. The molecule has 0 aromatic heterocycles. The number of hydrogen-bond donors (Lipinski definition) is 3. The van der Waals surface area contributed by atoms with E-state index in [1.54, 1.807) is 7.11 Å². The van der Waals surface area contributed by atoms with Gasteiger partial charge in [0.05, 0.1) is 42.6 Å². The third kappa shape index (κ3) is 4.89. The molecule has 3 fully saturated rings. The quantitative estimate of drug-likeness (QED) is 0.311. The monoisotopic (exact) mass is 655 g/mol. The lowest BCUT2D eigenvalue weighted by Gasteiger charge is -2.43. The first-order chi connectivity index (χ1) is 22.5. The number of phenols is 2. The summed E-state index contributed by atoms with van der Waals surface area (Å²) in [5.41, 5.74) is -3.09. The number of morpholine rings is 1. The molecule has 0 bridgehead atoms. The number of fused-ring (bicyclic) bond motifs is 6. The van der Waals surface area contributed by atoms with Gasteiger partial charge in [-0.2, -0.15) is 0 Å². The molecule has 14 nitrogen and oxygen atoms in total. The van der Waals surface area contributed by atoms with Crippen LogP contribution in [-0.2, 0) is 39.6 Å². The molecular formula is C33H37NO13. The van der Waals surface area contributed by atoms with Crippen LogP contribution in [0.2, 0.25) is 0 Å². The highest BCUT2D eigenvalue weighted by Gasteiger charge is 2.55. The molecule has 0 spiro atoms. The number of nitrogens with zero attached hydrogens (tertiary/aromatic N) is 1. The summed E-state index contributed by atoms with van der Waals surface area (Å²) < 4.78 is 40.6. The Hall–Kier alpha value is -3.47. The molecule has 5 aliphatic rings. The predicted molar refractivity (Wildman–Crippen MR) is 158 cm³/mol. The summed E-state index contributed by atoms with van der Waals surface area (Å²) in [6.07, 6.45) is -4.44. The van der Waals surface area contributed by atoms with Crippen LogP contribution < -0.4 is 4.74 Å². The Bertz CT molecular complexity index is 1640. The van der Waals surface area contributed by atoms with Gasteiger partial charge in [0.1, 0.15) is 35.6 Å². The fraction of sp³-hybridized carbons (Fsp3) is 0.545. The summed E-state index contributed by atoms with van der Waals surface area (Å²) in [6.45, 7) is 2.44. The number of carbonyl (C=O) groups is 3. The Morgan fingerprint density at radius 1 is 1.06 bits per heavy atom. The maximum absolute atomic E-state index is 13.9. The summed E-state index contributed by atoms with van der Waals surface area (Å²) >= 11 is 0. The highest BCUT2D eigenvalue weighted by Crippen LogP contribution is 2.53. The van der Waals surface area contributed by atoms with E-state index in [0.29, 0.717) is 19.6 Å². The largest absolute Gasteiger partial charge is 0.507 e. The maximum Gasteiger partial charge on any atom is 0.202 e. The van der Waals surface area contributed by atoms with E-state index < -0.39 is 89.6 Å². The first-order valence-electron chi connectivity index (χ1n) is 15.5. The summed E-state index contributed by atoms with van der Waals surface area (Å²) in [6, 6.07) is 4.33. The van der Waals surface area contributed by atoms with Gasteiger partial charge >= 0.3 is 0 Å². The van der Waals surface area contributed by atoms with E-state index in [9.17, 15) is 29.7 Å². The number of methoxy groups -OCH3 is 3. The summed E-state index contributed by atoms with van der Waals surface area (Å²) in [5.74, 6) is -3.21. The molecule has 47 heavy (non-hydrogen) atoms. The fourth-order valence-electron chi connectivity index (χ4n) is 7.81. The second-order valence-corrected chi connectivity index (χ2v) is 12.6. The third-order valence-corrected chi connectivity index (χ3v) is 9.97. The van der Waals surface area contributed by atoms with E-state index in [1.165, 1.54) is 32.4 Å². The molecule has 252 valence electrons. The molecule has 1 unspecified atom stereocenters. The van der Waals surface area contributed by atoms with E-state index in [-0.39, 0.29) is 46.6 Å². The molecule has 14 heteroatoms. The van der Waals surface area contributed by atoms with Gasteiger partial charge in [0.15, 0.2) is 30.4 Å². The van der Waals surface area contributed by atoms with Gasteiger partial charge in [0.2, 0.25) is 5.78 Å². The van der Waals surface area contributed by atoms with Crippen LogP contribution in [0.4, 0.5) is 0 Å². The second-order valence-electron chi connectivity index (χ2n) is 12.6. The highest BCUT2D eigenvalue weighted by atomic mass is 16.7. The van der Waals surface area contributed by atoms with Crippen LogP contribution in [-0.4, -0.2) is 121 Å². The van der Waals surface area contributed by atoms with Crippen molar-refractivity contribution >= 4 is 17.3 Å². The smallest absolute Gasteiger partial charge is 0.202 e. The van der Waals surface area contributed by atoms with Crippen LogP contribution in [0.25, 0.3) is 0 Å². The van der Waals surface area contributed by atoms with Crippen molar-refractivity contribution < 1.29 is 62.9 Å². The Balaban J connectivity index is 1.30. The zero-order valence-corrected chi connectivity index (χ0v) is 26.4. The highest BCUT2D eigenvalue weighted by molar-refractivity contribution is 6.31. The minimum Gasteiger partial charge on any atom is -0.507 e. The van der Waals surface area contributed by atoms with Gasteiger partial charge in [0.25, 0.3) is 0 Å². The number of hydrogen-bond acceptors (Lipinski definition) is 14. The average Bonchev–Trinajstić information content (AvgIpc) is 3.44. The molecule has 3 N–H and O–H groups in total. The molecule has 0 amide bonds. The van der Waals surface area contributed by atoms with Crippen molar-refractivity contribution in [3.05, 3.63) is 51.6 Å². The molecule has 7 rings (SSSR count). The van der Waals surface area contributed by atoms with Crippen LogP contribution in [0.5, 0.6) is 17.2 Å². The molecular weight excluding hydrogens is 618 g/mol. The minimum absolute atomic E-state index is 0.0131. The molecule has 0 saturated carbocycles. The van der Waals surface area contributed by atoms with Crippen LogP contribution in [0.1, 0.15) is 68.8 Å². The summed E-state index contributed by atoms with van der Waals surface area (Å²) in [4.78, 5) is 43.1. The third-order valence-electron chi connectivity index (χ3n) is 9.97. The van der Waals surface area contributed by atoms with Crippen LogP contribution in [0.15, 0.2) is 18.2 Å². The van der Waals surface area contributed by atoms with Gasteiger partial charge < -0.3 is 48.5 Å². The maximum atomic E-state index is 13.9. The molecule has 8 atom stereocenters. The number of phenolic OH excluding ortho intramolecular Hbond substituents is 2. The first-order valence-corrected chi connectivity index (χ1v) is 15.5. The van der Waals surface area contributed by atoms with Crippen molar-refractivity contribution in [2.24, 2.45) is 0 Å². The Kier molecular flexibility index (Phi) is 8.12. The van der Waals surface area contributed by atoms with Crippen molar-refractivity contribution in [1.82, 2.24) is 4.90 Å². The second kappa shape index (κ2) is 11.9. The number of aromatic hydroxyl groups is 2. The van der Waals surface area contributed by atoms with E-state index >= 15 is 0 Å². The van der Waals surface area contributed by atoms with Gasteiger partial charge in [-0.1, -0.05) is 12.1 Å². The van der Waals surface area contributed by atoms with Gasteiger partial charge in [-0.3, -0.25) is 19.3 Å². The first kappa shape index (κ1) is 32.1. The zero-order valence-electron chi connectivity index (χ0n) is 26.4. The number of ether oxygens (including phenoxy) is 7. The fourth-order valence-corrected chi connectivity index (χ4v) is 7.81. The van der Waals surface area contributed by atoms with E-state index in [0.717, 1.165) is 0 Å². The van der Waals surface area contributed by atoms with E-state index in [1.807, 2.05) is 6.92 Å². The predicted octanol–water partition coefficient (Wildman–Crippen LogP) is 1.37. The molecule has 2 aromatic carbocycles. The lowest BCUT2D eigenvalue weighted by Crippen LogP contribution is -2.55. The molecule has 2 aliphatic carbocycles. The normalized spacial score (nSPS) is 33.0. The van der Waals surface area contributed by atoms with Gasteiger partial charge in [0, 0.05) is 62.8 Å². The standard InChI is InChI=1S/C33H37NO13/c1-14-30-17(34-8-9-44-32(43-4)31(34)47-30)10-21(45-14)46-19-12-33(40,20(35)13-41-2)11-16-23(19)29(39)25-24(27(16)37)26(36)15-6-5-7-18(42-3)22(15)28(25)38/h5-7,14,17,19,21,30-32,37,39-40H,8-13H2,1-4H3/t14-,17-,19-,21?,30+,31+,32-,33-/m0/s1. The Morgan fingerprint density at radius 2 is 1.83 bits per heavy atom.